The second-order valence-electron chi connectivity index (χ2n) is 6.71. The first-order valence-electron chi connectivity index (χ1n) is 9.43. The van der Waals surface area contributed by atoms with Gasteiger partial charge >= 0.3 is 6.18 Å². The molecule has 1 amide bonds. The van der Waals surface area contributed by atoms with Gasteiger partial charge in [0.2, 0.25) is 15.9 Å². The first-order chi connectivity index (χ1) is 14.6. The van der Waals surface area contributed by atoms with Crippen LogP contribution in [0.3, 0.4) is 0 Å². The molecule has 0 bridgehead atoms. The second-order valence-corrected chi connectivity index (χ2v) is 8.89. The highest BCUT2D eigenvalue weighted by atomic mass is 32.2. The molecule has 1 aliphatic heterocycles. The molecule has 0 aromatic heterocycles. The van der Waals surface area contributed by atoms with E-state index in [9.17, 15) is 26.4 Å². The third-order valence-corrected chi connectivity index (χ3v) is 6.29. The van der Waals surface area contributed by atoms with Crippen LogP contribution in [0.5, 0.6) is 11.5 Å². The van der Waals surface area contributed by atoms with Crippen LogP contribution in [0.2, 0.25) is 0 Å². The molecule has 0 radical (unpaired) electrons. The number of alkyl halides is 3. The molecule has 3 rings (SSSR count). The lowest BCUT2D eigenvalue weighted by Crippen LogP contribution is -2.41. The molecule has 7 nitrogen and oxygen atoms in total. The van der Waals surface area contributed by atoms with Gasteiger partial charge < -0.3 is 14.8 Å². The first-order valence-corrected chi connectivity index (χ1v) is 11.0. The van der Waals surface area contributed by atoms with Crippen LogP contribution < -0.4 is 19.1 Å². The van der Waals surface area contributed by atoms with Crippen molar-refractivity contribution in [3.05, 3.63) is 53.6 Å². The van der Waals surface area contributed by atoms with Crippen molar-refractivity contribution in [2.75, 3.05) is 29.8 Å². The number of carbonyl (C=O) groups is 1. The molecule has 31 heavy (non-hydrogen) atoms. The van der Waals surface area contributed by atoms with Crippen LogP contribution in [-0.2, 0) is 27.5 Å². The molecular formula is C20H21F3N2O5S. The predicted molar refractivity (Wildman–Crippen MR) is 108 cm³/mol. The largest absolute Gasteiger partial charge is 0.486 e. The fourth-order valence-electron chi connectivity index (χ4n) is 2.94. The van der Waals surface area contributed by atoms with Crippen molar-refractivity contribution < 1.29 is 35.9 Å². The second kappa shape index (κ2) is 9.04. The number of benzene rings is 2. The summed E-state index contributed by atoms with van der Waals surface area (Å²) >= 11 is 0. The average molecular weight is 458 g/mol. The molecule has 0 spiro atoms. The Bertz CT molecular complexity index is 1060. The first kappa shape index (κ1) is 22.7. The number of nitrogens with zero attached hydrogens (tertiary/aromatic N) is 1. The van der Waals surface area contributed by atoms with Crippen molar-refractivity contribution >= 4 is 21.6 Å². The van der Waals surface area contributed by atoms with Crippen molar-refractivity contribution in [3.63, 3.8) is 0 Å². The van der Waals surface area contributed by atoms with Crippen molar-refractivity contribution in [1.82, 2.24) is 5.32 Å². The standard InChI is InChI=1S/C20H21F3N2O5S/c1-2-31(27,28)25(16-6-7-17-18(11-16)30-9-8-29-17)13-19(26)24-12-14-4-3-5-15(10-14)20(21,22)23/h3-7,10-11H,2,8-9,12-13H2,1H3,(H,24,26). The van der Waals surface area contributed by atoms with Gasteiger partial charge in [-0.1, -0.05) is 12.1 Å². The fraction of sp³-hybridized carbons (Fsp3) is 0.350. The number of hydrogen-bond acceptors (Lipinski definition) is 5. The number of nitrogens with one attached hydrogen (secondary N) is 1. The Morgan fingerprint density at radius 2 is 1.81 bits per heavy atom. The van der Waals surface area contributed by atoms with E-state index >= 15 is 0 Å². The molecule has 0 atom stereocenters. The SMILES string of the molecule is CCS(=O)(=O)N(CC(=O)NCc1cccc(C(F)(F)F)c1)c1ccc2c(c1)OCCO2. The van der Waals surface area contributed by atoms with Gasteiger partial charge in [0, 0.05) is 12.6 Å². The minimum absolute atomic E-state index is 0.177. The Labute approximate surface area is 177 Å². The van der Waals surface area contributed by atoms with E-state index in [0.29, 0.717) is 24.7 Å². The minimum Gasteiger partial charge on any atom is -0.486 e. The smallest absolute Gasteiger partial charge is 0.416 e. The Kier molecular flexibility index (Phi) is 6.63. The number of amides is 1. The number of carbonyl (C=O) groups excluding carboxylic acids is 1. The van der Waals surface area contributed by atoms with Crippen molar-refractivity contribution in [2.24, 2.45) is 0 Å². The summed E-state index contributed by atoms with van der Waals surface area (Å²) in [6.07, 6.45) is -4.50. The maximum Gasteiger partial charge on any atom is 0.416 e. The summed E-state index contributed by atoms with van der Waals surface area (Å²) in [6.45, 7) is 1.43. The van der Waals surface area contributed by atoms with Crippen LogP contribution in [0.4, 0.5) is 18.9 Å². The molecule has 11 heteroatoms. The van der Waals surface area contributed by atoms with Crippen LogP contribution in [-0.4, -0.2) is 39.8 Å². The minimum atomic E-state index is -4.50. The number of rotatable bonds is 7. The molecule has 0 saturated carbocycles. The highest BCUT2D eigenvalue weighted by Gasteiger charge is 2.30. The number of sulfonamides is 1. The normalized spacial score (nSPS) is 13.5. The van der Waals surface area contributed by atoms with E-state index in [2.05, 4.69) is 5.32 Å². The van der Waals surface area contributed by atoms with E-state index < -0.39 is 34.2 Å². The lowest BCUT2D eigenvalue weighted by atomic mass is 10.1. The van der Waals surface area contributed by atoms with Gasteiger partial charge in [0.05, 0.1) is 17.0 Å². The summed E-state index contributed by atoms with van der Waals surface area (Å²) in [6, 6.07) is 9.08. The molecule has 0 saturated heterocycles. The Balaban J connectivity index is 1.74. The highest BCUT2D eigenvalue weighted by Crippen LogP contribution is 2.35. The van der Waals surface area contributed by atoms with Crippen LogP contribution in [0.15, 0.2) is 42.5 Å². The van der Waals surface area contributed by atoms with Gasteiger partial charge in [0.15, 0.2) is 11.5 Å². The summed E-state index contributed by atoms with van der Waals surface area (Å²) in [4.78, 5) is 12.4. The third kappa shape index (κ3) is 5.60. The Hall–Kier alpha value is -2.95. The summed E-state index contributed by atoms with van der Waals surface area (Å²) in [7, 11) is -3.82. The molecule has 2 aromatic carbocycles. The van der Waals surface area contributed by atoms with Gasteiger partial charge in [-0.3, -0.25) is 9.10 Å². The van der Waals surface area contributed by atoms with Gasteiger partial charge in [-0.05, 0) is 36.8 Å². The number of hydrogen-bond donors (Lipinski definition) is 1. The van der Waals surface area contributed by atoms with Gasteiger partial charge in [-0.15, -0.1) is 0 Å². The summed E-state index contributed by atoms with van der Waals surface area (Å²) in [5.41, 5.74) is -0.363. The maximum absolute atomic E-state index is 12.8. The monoisotopic (exact) mass is 458 g/mol. The molecule has 1 N–H and O–H groups in total. The number of ether oxygens (including phenoxy) is 2. The topological polar surface area (TPSA) is 84.9 Å². The molecule has 0 aliphatic carbocycles. The quantitative estimate of drug-likeness (QED) is 0.690. The number of anilines is 1. The Morgan fingerprint density at radius 3 is 2.48 bits per heavy atom. The van der Waals surface area contributed by atoms with Gasteiger partial charge in [0.1, 0.15) is 19.8 Å². The summed E-state index contributed by atoms with van der Waals surface area (Å²) in [5.74, 6) is -0.0749. The van der Waals surface area contributed by atoms with Crippen LogP contribution in [0, 0.1) is 0 Å². The maximum atomic E-state index is 12.8. The van der Waals surface area contributed by atoms with Crippen LogP contribution in [0.1, 0.15) is 18.1 Å². The average Bonchev–Trinajstić information content (AvgIpc) is 2.75. The van der Waals surface area contributed by atoms with E-state index in [1.54, 1.807) is 6.07 Å². The van der Waals surface area contributed by atoms with Crippen molar-refractivity contribution in [2.45, 2.75) is 19.6 Å². The van der Waals surface area contributed by atoms with Crippen molar-refractivity contribution in [1.29, 1.82) is 0 Å². The van der Waals surface area contributed by atoms with E-state index in [1.165, 1.54) is 31.2 Å². The van der Waals surface area contributed by atoms with E-state index in [1.807, 2.05) is 0 Å². The lowest BCUT2D eigenvalue weighted by Gasteiger charge is -2.25. The van der Waals surface area contributed by atoms with E-state index in [4.69, 9.17) is 9.47 Å². The number of fused-ring (bicyclic) bond motifs is 1. The van der Waals surface area contributed by atoms with Gasteiger partial charge in [-0.2, -0.15) is 13.2 Å². The van der Waals surface area contributed by atoms with Gasteiger partial charge in [0.25, 0.3) is 0 Å². The van der Waals surface area contributed by atoms with Crippen LogP contribution in [0.25, 0.3) is 0 Å². The molecule has 2 aromatic rings. The fourth-order valence-corrected chi connectivity index (χ4v) is 4.00. The molecule has 0 unspecified atom stereocenters. The lowest BCUT2D eigenvalue weighted by molar-refractivity contribution is -0.137. The molecule has 1 heterocycles. The van der Waals surface area contributed by atoms with E-state index in [0.717, 1.165) is 16.4 Å². The summed E-state index contributed by atoms with van der Waals surface area (Å²) in [5, 5.41) is 2.47. The molecule has 0 fully saturated rings. The molecule has 1 aliphatic rings. The molecular weight excluding hydrogens is 437 g/mol. The zero-order valence-corrected chi connectivity index (χ0v) is 17.4. The zero-order valence-electron chi connectivity index (χ0n) is 16.6. The highest BCUT2D eigenvalue weighted by molar-refractivity contribution is 7.92. The van der Waals surface area contributed by atoms with Crippen molar-refractivity contribution in [3.8, 4) is 11.5 Å². The van der Waals surface area contributed by atoms with Gasteiger partial charge in [-0.25, -0.2) is 8.42 Å². The molecule has 168 valence electrons. The zero-order chi connectivity index (χ0) is 22.6. The summed E-state index contributed by atoms with van der Waals surface area (Å²) < 4.78 is 75.5. The third-order valence-electron chi connectivity index (χ3n) is 4.55. The Morgan fingerprint density at radius 1 is 1.10 bits per heavy atom. The van der Waals surface area contributed by atoms with E-state index in [-0.39, 0.29) is 23.5 Å². The predicted octanol–water partition coefficient (Wildman–Crippen LogP) is 2.95. The number of halogens is 3. The van der Waals surface area contributed by atoms with Crippen LogP contribution >= 0.6 is 0 Å².